The molecule has 1 rings (SSSR count). The van der Waals surface area contributed by atoms with Crippen LogP contribution < -0.4 is 39.3 Å². The lowest BCUT2D eigenvalue weighted by molar-refractivity contribution is -0.337. The smallest absolute Gasteiger partial charge is 0.226 e. The zero-order valence-electron chi connectivity index (χ0n) is 9.19. The van der Waals surface area contributed by atoms with E-state index >= 15 is 0 Å². The summed E-state index contributed by atoms with van der Waals surface area (Å²) in [5.41, 5.74) is 15.4. The van der Waals surface area contributed by atoms with Crippen molar-refractivity contribution >= 4 is 25.7 Å². The van der Waals surface area contributed by atoms with E-state index in [1.165, 1.54) is 0 Å². The molecule has 1 aromatic rings. The van der Waals surface area contributed by atoms with E-state index in [-0.39, 0.29) is 35.6 Å². The molecule has 0 saturated heterocycles. The quantitative estimate of drug-likeness (QED) is 0.252. The van der Waals surface area contributed by atoms with Gasteiger partial charge < -0.3 is 54.2 Å². The molecule has 1 aromatic heterocycles. The van der Waals surface area contributed by atoms with Crippen molar-refractivity contribution in [1.29, 1.82) is 0 Å². The second-order valence-corrected chi connectivity index (χ2v) is 2.82. The first-order valence-electron chi connectivity index (χ1n) is 2.96. The summed E-state index contributed by atoms with van der Waals surface area (Å²) in [7, 11) is -5.14. The van der Waals surface area contributed by atoms with Gasteiger partial charge in [-0.1, -0.05) is 0 Å². The fourth-order valence-electron chi connectivity index (χ4n) is 0.427. The van der Waals surface area contributed by atoms with Crippen LogP contribution in [0.25, 0.3) is 0 Å². The van der Waals surface area contributed by atoms with Crippen molar-refractivity contribution in [2.24, 2.45) is 0 Å². The van der Waals surface area contributed by atoms with Gasteiger partial charge in [-0.3, -0.25) is 0 Å². The highest BCUT2D eigenvalue weighted by atomic mass is 31.2. The topological polar surface area (TPSA) is 305 Å². The summed E-state index contributed by atoms with van der Waals surface area (Å²) in [6.07, 6.45) is 0. The van der Waals surface area contributed by atoms with Gasteiger partial charge in [0.2, 0.25) is 17.8 Å². The Balaban J connectivity index is -0.0000000948. The Labute approximate surface area is 95.8 Å². The predicted molar refractivity (Wildman–Crippen MR) is 58.5 cm³/mol. The van der Waals surface area contributed by atoms with Gasteiger partial charge in [-0.05, 0) is 0 Å². The lowest BCUT2D eigenvalue weighted by atomic mass is 10.9. The first-order chi connectivity index (χ1) is 6.18. The van der Waals surface area contributed by atoms with Gasteiger partial charge >= 0.3 is 0 Å². The van der Waals surface area contributed by atoms with E-state index in [4.69, 9.17) is 36.4 Å². The third kappa shape index (κ3) is 20.5. The largest absolute Gasteiger partial charge is 0.790 e. The molecule has 0 fully saturated rings. The number of anilines is 3. The Bertz CT molecular complexity index is 296. The van der Waals surface area contributed by atoms with E-state index in [1.54, 1.807) is 0 Å². The van der Waals surface area contributed by atoms with Crippen LogP contribution in [0.1, 0.15) is 0 Å². The van der Waals surface area contributed by atoms with E-state index in [9.17, 15) is 0 Å². The van der Waals surface area contributed by atoms with Crippen molar-refractivity contribution in [3.8, 4) is 0 Å². The molecule has 0 aromatic carbocycles. The molecule has 0 aliphatic carbocycles. The van der Waals surface area contributed by atoms with Crippen LogP contribution in [0, 0.1) is 0 Å². The predicted octanol–water partition coefficient (Wildman–Crippen LogP) is -3.65. The highest BCUT2D eigenvalue weighted by Gasteiger charge is 1.93. The molecule has 17 heavy (non-hydrogen) atoms. The Morgan fingerprint density at radius 2 is 1.06 bits per heavy atom. The standard InChI is InChI=1S/C3H6N6.2H3N.H3O4P.H2O/c4-1-7-2(5)9-3(6)8-1;;;1-5(2,3)4;/h(H6,4,5,6,7,8,9);2*1H3;(H3,1,2,3,4);1H2. The number of aromatic nitrogens is 3. The molecule has 13 nitrogen and oxygen atoms in total. The normalized spacial score (nSPS) is 8.41. The average molecular weight is 276 g/mol. The highest BCUT2D eigenvalue weighted by molar-refractivity contribution is 7.42. The lowest BCUT2D eigenvalue weighted by Gasteiger charge is -2.19. The molecule has 104 valence electrons. The van der Waals surface area contributed by atoms with Crippen LogP contribution in [-0.4, -0.2) is 25.3 Å². The molecule has 0 radical (unpaired) electrons. The number of nitrogen functional groups attached to an aromatic ring is 3. The van der Waals surface area contributed by atoms with Crippen molar-refractivity contribution in [3.05, 3.63) is 0 Å². The van der Waals surface area contributed by atoms with Crippen LogP contribution in [0.4, 0.5) is 17.8 Å². The maximum Gasteiger partial charge on any atom is 0.226 e. The Morgan fingerprint density at radius 3 is 1.18 bits per heavy atom. The van der Waals surface area contributed by atoms with E-state index in [2.05, 4.69) is 15.0 Å². The van der Waals surface area contributed by atoms with Crippen molar-refractivity contribution in [1.82, 2.24) is 27.3 Å². The van der Waals surface area contributed by atoms with Crippen LogP contribution in [0.3, 0.4) is 0 Å². The van der Waals surface area contributed by atoms with Gasteiger partial charge in [0, 0.05) is 0 Å². The van der Waals surface area contributed by atoms with E-state index in [0.717, 1.165) is 0 Å². The molecule has 0 unspecified atom stereocenters. The van der Waals surface area contributed by atoms with Crippen molar-refractivity contribution < 1.29 is 24.7 Å². The number of nitrogens with two attached hydrogens (primary N) is 3. The van der Waals surface area contributed by atoms with Crippen molar-refractivity contribution in [2.45, 2.75) is 0 Å². The van der Waals surface area contributed by atoms with Gasteiger partial charge in [-0.25, -0.2) is 0 Å². The SMILES string of the molecule is Nc1nc(N)nc(N)n1.O.O=P([O-])([O-])O.[NH4+].[NH4+]. The Hall–Kier alpha value is -1.60. The van der Waals surface area contributed by atoms with Gasteiger partial charge in [-0.2, -0.15) is 15.0 Å². The summed E-state index contributed by atoms with van der Waals surface area (Å²) >= 11 is 0. The minimum atomic E-state index is -5.14. The summed E-state index contributed by atoms with van der Waals surface area (Å²) in [4.78, 5) is 34.7. The lowest BCUT2D eigenvalue weighted by Crippen LogP contribution is -2.11. The maximum absolute atomic E-state index is 8.66. The van der Waals surface area contributed by atoms with Gasteiger partial charge in [0.1, 0.15) is 0 Å². The van der Waals surface area contributed by atoms with Crippen LogP contribution >= 0.6 is 7.82 Å². The number of hydrogen-bond acceptors (Lipinski definition) is 9. The molecule has 0 atom stereocenters. The first kappa shape index (κ1) is 24.6. The van der Waals surface area contributed by atoms with Crippen LogP contribution in [0.2, 0.25) is 0 Å². The molecule has 17 N–H and O–H groups in total. The minimum Gasteiger partial charge on any atom is -0.790 e. The fourth-order valence-corrected chi connectivity index (χ4v) is 0.427. The van der Waals surface area contributed by atoms with Gasteiger partial charge in [0.05, 0.1) is 7.82 Å². The Morgan fingerprint density at radius 1 is 0.941 bits per heavy atom. The third-order valence-electron chi connectivity index (χ3n) is 0.687. The number of phosphoric acid groups is 1. The Kier molecular flexibility index (Phi) is 13.9. The molecule has 0 aliphatic heterocycles. The van der Waals surface area contributed by atoms with Gasteiger partial charge in [0.15, 0.2) is 0 Å². The van der Waals surface area contributed by atoms with E-state index in [1.807, 2.05) is 0 Å². The number of hydrogen-bond donors (Lipinski definition) is 6. The fraction of sp³-hybridized carbons (Fsp3) is 0. The monoisotopic (exact) mass is 276 g/mol. The molecular weight excluding hydrogens is 259 g/mol. The molecule has 0 bridgehead atoms. The maximum atomic E-state index is 8.66. The van der Waals surface area contributed by atoms with Crippen molar-refractivity contribution in [2.75, 3.05) is 17.2 Å². The number of rotatable bonds is 0. The zero-order valence-corrected chi connectivity index (χ0v) is 10.1. The molecule has 0 amide bonds. The average Bonchev–Trinajstić information content (AvgIpc) is 1.77. The second kappa shape index (κ2) is 9.61. The molecule has 0 saturated carbocycles. The van der Waals surface area contributed by atoms with Crippen LogP contribution in [0.15, 0.2) is 0 Å². The summed E-state index contributed by atoms with van der Waals surface area (Å²) in [6, 6.07) is 0. The summed E-state index contributed by atoms with van der Waals surface area (Å²) in [5.74, 6) is 0.125. The molecule has 0 spiro atoms. The molecule has 1 heterocycles. The number of nitrogens with zero attached hydrogens (tertiary/aromatic N) is 3. The second-order valence-electron chi connectivity index (χ2n) is 1.88. The van der Waals surface area contributed by atoms with Gasteiger partial charge in [-0.15, -0.1) is 0 Å². The minimum absolute atomic E-state index is 0. The van der Waals surface area contributed by atoms with E-state index in [0.29, 0.717) is 0 Å². The zero-order chi connectivity index (χ0) is 11.4. The highest BCUT2D eigenvalue weighted by Crippen LogP contribution is 2.11. The molecule has 14 heteroatoms. The molecular formula is C3H17N8O5P. The molecule has 0 aliphatic rings. The van der Waals surface area contributed by atoms with E-state index < -0.39 is 7.82 Å². The summed E-state index contributed by atoms with van der Waals surface area (Å²) in [5, 5.41) is 0. The third-order valence-corrected chi connectivity index (χ3v) is 0.687. The van der Waals surface area contributed by atoms with Crippen molar-refractivity contribution in [3.63, 3.8) is 0 Å². The summed E-state index contributed by atoms with van der Waals surface area (Å²) < 4.78 is 8.66. The van der Waals surface area contributed by atoms with Crippen LogP contribution in [0.5, 0.6) is 0 Å². The number of quaternary nitrogens is 2. The summed E-state index contributed by atoms with van der Waals surface area (Å²) in [6.45, 7) is 0. The first-order valence-corrected chi connectivity index (χ1v) is 4.45. The van der Waals surface area contributed by atoms with Crippen LogP contribution in [-0.2, 0) is 4.57 Å². The van der Waals surface area contributed by atoms with Gasteiger partial charge in [0.25, 0.3) is 0 Å².